The lowest BCUT2D eigenvalue weighted by Gasteiger charge is -2.20. The molecular formula is C13H24N2S. The molecule has 1 aromatic heterocycles. The summed E-state index contributed by atoms with van der Waals surface area (Å²) in [6, 6.07) is 1.03. The Morgan fingerprint density at radius 2 is 2.19 bits per heavy atom. The Morgan fingerprint density at radius 3 is 2.69 bits per heavy atom. The minimum Gasteiger partial charge on any atom is -0.305 e. The van der Waals surface area contributed by atoms with Crippen LogP contribution in [-0.4, -0.2) is 11.0 Å². The van der Waals surface area contributed by atoms with E-state index in [1.54, 1.807) is 11.3 Å². The summed E-state index contributed by atoms with van der Waals surface area (Å²) < 4.78 is 0. The molecule has 0 aromatic carbocycles. The van der Waals surface area contributed by atoms with Crippen molar-refractivity contribution in [3.63, 3.8) is 0 Å². The van der Waals surface area contributed by atoms with Gasteiger partial charge in [0.1, 0.15) is 5.01 Å². The number of aromatic nitrogens is 1. The van der Waals surface area contributed by atoms with Crippen molar-refractivity contribution in [3.05, 3.63) is 16.1 Å². The van der Waals surface area contributed by atoms with Crippen molar-refractivity contribution in [1.82, 2.24) is 10.3 Å². The van der Waals surface area contributed by atoms with E-state index in [9.17, 15) is 0 Å². The Bertz CT molecular complexity index is 296. The second kappa shape index (κ2) is 7.02. The first-order valence-corrected chi connectivity index (χ1v) is 7.23. The van der Waals surface area contributed by atoms with Crippen molar-refractivity contribution in [2.24, 2.45) is 0 Å². The van der Waals surface area contributed by atoms with Crippen LogP contribution in [0.5, 0.6) is 0 Å². The molecule has 0 radical (unpaired) electrons. The van der Waals surface area contributed by atoms with E-state index in [1.165, 1.54) is 24.3 Å². The Kier molecular flexibility index (Phi) is 5.99. The van der Waals surface area contributed by atoms with Gasteiger partial charge in [0, 0.05) is 17.1 Å². The number of nitrogens with zero attached hydrogens (tertiary/aromatic N) is 1. The first kappa shape index (κ1) is 13.7. The lowest BCUT2D eigenvalue weighted by atomic mass is 10.1. The maximum absolute atomic E-state index is 4.57. The smallest absolute Gasteiger partial charge is 0.110 e. The Labute approximate surface area is 103 Å². The molecule has 1 heterocycles. The molecule has 1 aromatic rings. The predicted octanol–water partition coefficient (Wildman–Crippen LogP) is 4.07. The highest BCUT2D eigenvalue weighted by Crippen LogP contribution is 2.21. The fourth-order valence-corrected chi connectivity index (χ4v) is 2.77. The van der Waals surface area contributed by atoms with Crippen LogP contribution in [0.4, 0.5) is 0 Å². The van der Waals surface area contributed by atoms with Gasteiger partial charge in [0.25, 0.3) is 0 Å². The van der Waals surface area contributed by atoms with Crippen molar-refractivity contribution in [3.8, 4) is 0 Å². The molecule has 0 aliphatic carbocycles. The second-order valence-electron chi connectivity index (χ2n) is 4.50. The first-order chi connectivity index (χ1) is 7.67. The molecule has 1 rings (SSSR count). The topological polar surface area (TPSA) is 24.9 Å². The molecule has 0 aliphatic heterocycles. The van der Waals surface area contributed by atoms with Gasteiger partial charge in [-0.1, -0.05) is 26.7 Å². The summed E-state index contributed by atoms with van der Waals surface area (Å²) in [6.45, 7) is 8.81. The van der Waals surface area contributed by atoms with Gasteiger partial charge in [-0.3, -0.25) is 0 Å². The van der Waals surface area contributed by atoms with E-state index in [2.05, 4.69) is 43.4 Å². The van der Waals surface area contributed by atoms with Crippen LogP contribution in [0.15, 0.2) is 5.38 Å². The monoisotopic (exact) mass is 240 g/mol. The van der Waals surface area contributed by atoms with Gasteiger partial charge in [0.05, 0.1) is 6.04 Å². The lowest BCUT2D eigenvalue weighted by Crippen LogP contribution is -2.30. The van der Waals surface area contributed by atoms with Gasteiger partial charge in [-0.05, 0) is 26.7 Å². The molecule has 0 spiro atoms. The molecule has 2 unspecified atom stereocenters. The maximum atomic E-state index is 4.57. The number of hydrogen-bond donors (Lipinski definition) is 1. The number of aryl methyl sites for hydroxylation is 1. The van der Waals surface area contributed by atoms with E-state index >= 15 is 0 Å². The molecule has 16 heavy (non-hydrogen) atoms. The number of thiazole rings is 1. The van der Waals surface area contributed by atoms with Crippen LogP contribution >= 0.6 is 11.3 Å². The average Bonchev–Trinajstić information content (AvgIpc) is 2.69. The van der Waals surface area contributed by atoms with E-state index in [-0.39, 0.29) is 0 Å². The molecule has 0 fully saturated rings. The summed E-state index contributed by atoms with van der Waals surface area (Å²) in [5.41, 5.74) is 1.14. The van der Waals surface area contributed by atoms with Gasteiger partial charge >= 0.3 is 0 Å². The highest BCUT2D eigenvalue weighted by Gasteiger charge is 2.14. The van der Waals surface area contributed by atoms with Crippen molar-refractivity contribution in [1.29, 1.82) is 0 Å². The second-order valence-corrected chi connectivity index (χ2v) is 5.39. The van der Waals surface area contributed by atoms with E-state index in [1.807, 2.05) is 0 Å². The zero-order valence-electron chi connectivity index (χ0n) is 10.9. The van der Waals surface area contributed by atoms with Gasteiger partial charge in [-0.15, -0.1) is 11.3 Å². The van der Waals surface area contributed by atoms with Crippen LogP contribution in [-0.2, 0) is 0 Å². The molecule has 2 atom stereocenters. The highest BCUT2D eigenvalue weighted by atomic mass is 32.1. The minimum atomic E-state index is 0.436. The Balaban J connectivity index is 2.48. The summed E-state index contributed by atoms with van der Waals surface area (Å²) in [6.07, 6.45) is 4.96. The molecule has 0 saturated carbocycles. The zero-order chi connectivity index (χ0) is 12.0. The van der Waals surface area contributed by atoms with Gasteiger partial charge in [0.2, 0.25) is 0 Å². The zero-order valence-corrected chi connectivity index (χ0v) is 11.7. The summed E-state index contributed by atoms with van der Waals surface area (Å²) in [4.78, 5) is 4.57. The normalized spacial score (nSPS) is 15.0. The molecule has 0 amide bonds. The number of nitrogens with one attached hydrogen (secondary N) is 1. The lowest BCUT2D eigenvalue weighted by molar-refractivity contribution is 0.417. The third kappa shape index (κ3) is 4.22. The first-order valence-electron chi connectivity index (χ1n) is 6.35. The van der Waals surface area contributed by atoms with Crippen LogP contribution < -0.4 is 5.32 Å². The molecule has 1 N–H and O–H groups in total. The SMILES string of the molecule is CCCCC(C)NC(CC)c1nc(C)cs1. The molecule has 92 valence electrons. The van der Waals surface area contributed by atoms with Crippen molar-refractivity contribution in [2.45, 2.75) is 65.5 Å². The number of hydrogen-bond acceptors (Lipinski definition) is 3. The summed E-state index contributed by atoms with van der Waals surface area (Å²) in [7, 11) is 0. The minimum absolute atomic E-state index is 0.436. The third-order valence-electron chi connectivity index (χ3n) is 2.82. The Morgan fingerprint density at radius 1 is 1.44 bits per heavy atom. The number of unbranched alkanes of at least 4 members (excludes halogenated alkanes) is 1. The fraction of sp³-hybridized carbons (Fsp3) is 0.769. The van der Waals surface area contributed by atoms with Crippen LogP contribution in [0, 0.1) is 6.92 Å². The number of rotatable bonds is 7. The molecule has 0 bridgehead atoms. The standard InChI is InChI=1S/C13H24N2S/c1-5-7-8-10(3)14-12(6-2)13-15-11(4)9-16-13/h9-10,12,14H,5-8H2,1-4H3. The van der Waals surface area contributed by atoms with Crippen LogP contribution in [0.25, 0.3) is 0 Å². The molecule has 0 aliphatic rings. The van der Waals surface area contributed by atoms with E-state index < -0.39 is 0 Å². The highest BCUT2D eigenvalue weighted by molar-refractivity contribution is 7.09. The van der Waals surface area contributed by atoms with Crippen LogP contribution in [0.2, 0.25) is 0 Å². The van der Waals surface area contributed by atoms with Crippen molar-refractivity contribution in [2.75, 3.05) is 0 Å². The fourth-order valence-electron chi connectivity index (χ4n) is 1.83. The molecular weight excluding hydrogens is 216 g/mol. The van der Waals surface area contributed by atoms with Crippen LogP contribution in [0.1, 0.15) is 63.2 Å². The van der Waals surface area contributed by atoms with E-state index in [0.717, 1.165) is 12.1 Å². The van der Waals surface area contributed by atoms with Gasteiger partial charge in [-0.25, -0.2) is 4.98 Å². The summed E-state index contributed by atoms with van der Waals surface area (Å²) >= 11 is 1.77. The van der Waals surface area contributed by atoms with Crippen molar-refractivity contribution < 1.29 is 0 Å². The van der Waals surface area contributed by atoms with E-state index in [4.69, 9.17) is 0 Å². The molecule has 0 saturated heterocycles. The largest absolute Gasteiger partial charge is 0.305 e. The van der Waals surface area contributed by atoms with Crippen LogP contribution in [0.3, 0.4) is 0 Å². The summed E-state index contributed by atoms with van der Waals surface area (Å²) in [5, 5.41) is 7.05. The van der Waals surface area contributed by atoms with Gasteiger partial charge in [0.15, 0.2) is 0 Å². The van der Waals surface area contributed by atoms with E-state index in [0.29, 0.717) is 12.1 Å². The maximum Gasteiger partial charge on any atom is 0.110 e. The van der Waals surface area contributed by atoms with Gasteiger partial charge in [-0.2, -0.15) is 0 Å². The quantitative estimate of drug-likeness (QED) is 0.777. The third-order valence-corrected chi connectivity index (χ3v) is 3.90. The van der Waals surface area contributed by atoms with Gasteiger partial charge < -0.3 is 5.32 Å². The molecule has 2 nitrogen and oxygen atoms in total. The Hall–Kier alpha value is -0.410. The summed E-state index contributed by atoms with van der Waals surface area (Å²) in [5.74, 6) is 0. The predicted molar refractivity (Wildman–Crippen MR) is 72.0 cm³/mol. The van der Waals surface area contributed by atoms with Crippen molar-refractivity contribution >= 4 is 11.3 Å². The average molecular weight is 240 g/mol. The molecule has 3 heteroatoms.